The summed E-state index contributed by atoms with van der Waals surface area (Å²) in [6.45, 7) is 6.11. The fourth-order valence-electron chi connectivity index (χ4n) is 4.34. The summed E-state index contributed by atoms with van der Waals surface area (Å²) in [7, 11) is 1.65. The van der Waals surface area contributed by atoms with Gasteiger partial charge < -0.3 is 9.15 Å². The van der Waals surface area contributed by atoms with Gasteiger partial charge in [-0.3, -0.25) is 4.79 Å². The van der Waals surface area contributed by atoms with Gasteiger partial charge in [-0.2, -0.15) is 9.78 Å². The minimum atomic E-state index is -0.412. The van der Waals surface area contributed by atoms with E-state index in [1.165, 1.54) is 17.0 Å². The predicted octanol–water partition coefficient (Wildman–Crippen LogP) is 7.55. The highest BCUT2D eigenvalue weighted by Crippen LogP contribution is 2.34. The molecule has 0 atom stereocenters. The first kappa shape index (κ1) is 25.6. The van der Waals surface area contributed by atoms with Gasteiger partial charge in [0.2, 0.25) is 0 Å². The normalized spacial score (nSPS) is 11.7. The van der Waals surface area contributed by atoms with Crippen LogP contribution in [0.5, 0.6) is 5.75 Å². The third kappa shape index (κ3) is 4.79. The zero-order valence-electron chi connectivity index (χ0n) is 21.3. The first-order valence-corrected chi connectivity index (χ1v) is 12.9. The minimum Gasteiger partial charge on any atom is -0.496 e. The summed E-state index contributed by atoms with van der Waals surface area (Å²) >= 11 is 3.26. The number of fused-ring (bicyclic) bond motifs is 1. The van der Waals surface area contributed by atoms with E-state index in [0.29, 0.717) is 38.3 Å². The van der Waals surface area contributed by atoms with Crippen molar-refractivity contribution in [2.45, 2.75) is 26.7 Å². The van der Waals surface area contributed by atoms with Gasteiger partial charge in [0.1, 0.15) is 23.1 Å². The third-order valence-corrected chi connectivity index (χ3v) is 6.81. The molecule has 0 unspecified atom stereocenters. The number of rotatable bonds is 6. The van der Waals surface area contributed by atoms with Gasteiger partial charge in [-0.25, -0.2) is 9.37 Å². The fraction of sp³-hybridized carbons (Fsp3) is 0.167. The van der Waals surface area contributed by atoms with Crippen LogP contribution >= 0.6 is 15.9 Å². The van der Waals surface area contributed by atoms with E-state index in [1.807, 2.05) is 31.2 Å². The average molecular weight is 574 g/mol. The first-order valence-electron chi connectivity index (χ1n) is 12.1. The Morgan fingerprint density at radius 2 is 1.87 bits per heavy atom. The minimum absolute atomic E-state index is 0.189. The van der Waals surface area contributed by atoms with Gasteiger partial charge in [0.15, 0.2) is 5.82 Å². The maximum Gasteiger partial charge on any atom is 0.282 e. The van der Waals surface area contributed by atoms with Crippen LogP contribution in [0.1, 0.15) is 36.7 Å². The number of aromatic nitrogens is 2. The molecule has 0 amide bonds. The molecule has 0 saturated heterocycles. The maximum atomic E-state index is 14.4. The van der Waals surface area contributed by atoms with E-state index in [0.717, 1.165) is 22.4 Å². The van der Waals surface area contributed by atoms with Crippen molar-refractivity contribution in [1.82, 2.24) is 9.66 Å². The number of nitrogens with zero attached hydrogens (tertiary/aromatic N) is 3. The maximum absolute atomic E-state index is 14.4. The molecule has 0 bridgehead atoms. The summed E-state index contributed by atoms with van der Waals surface area (Å²) in [6, 6.07) is 19.2. The Morgan fingerprint density at radius 1 is 1.08 bits per heavy atom. The molecule has 2 aromatic heterocycles. The topological polar surface area (TPSA) is 69.6 Å². The van der Waals surface area contributed by atoms with Crippen LogP contribution in [0, 0.1) is 12.7 Å². The van der Waals surface area contributed by atoms with Crippen molar-refractivity contribution in [3.8, 4) is 28.5 Å². The highest BCUT2D eigenvalue weighted by molar-refractivity contribution is 9.10. The second-order valence-electron chi connectivity index (χ2n) is 9.20. The van der Waals surface area contributed by atoms with E-state index in [1.54, 1.807) is 43.5 Å². The molecule has 0 radical (unpaired) electrons. The van der Waals surface area contributed by atoms with Crippen LogP contribution in [0.4, 0.5) is 4.39 Å². The number of benzene rings is 3. The van der Waals surface area contributed by atoms with Gasteiger partial charge in [0, 0.05) is 10.0 Å². The summed E-state index contributed by atoms with van der Waals surface area (Å²) in [5.74, 6) is 1.68. The zero-order valence-corrected chi connectivity index (χ0v) is 22.9. The molecule has 0 N–H and O–H groups in total. The number of para-hydroxylation sites is 1. The van der Waals surface area contributed by atoms with Crippen LogP contribution in [0.15, 0.2) is 85.5 Å². The van der Waals surface area contributed by atoms with E-state index in [2.05, 4.69) is 34.9 Å². The lowest BCUT2D eigenvalue weighted by atomic mass is 9.96. The van der Waals surface area contributed by atoms with Crippen LogP contribution < -0.4 is 10.3 Å². The van der Waals surface area contributed by atoms with E-state index in [-0.39, 0.29) is 11.5 Å². The molecular formula is C30H25BrFN3O3. The number of methoxy groups -OCH3 is 1. The van der Waals surface area contributed by atoms with Gasteiger partial charge >= 0.3 is 0 Å². The summed E-state index contributed by atoms with van der Waals surface area (Å²) < 4.78 is 27.8. The van der Waals surface area contributed by atoms with E-state index < -0.39 is 5.82 Å². The molecule has 5 rings (SSSR count). The quantitative estimate of drug-likeness (QED) is 0.197. The van der Waals surface area contributed by atoms with Crippen molar-refractivity contribution in [2.75, 3.05) is 7.11 Å². The van der Waals surface area contributed by atoms with Crippen molar-refractivity contribution >= 4 is 33.0 Å². The first-order chi connectivity index (χ1) is 18.3. The molecule has 2 heterocycles. The number of ether oxygens (including phenoxy) is 1. The lowest BCUT2D eigenvalue weighted by Crippen LogP contribution is -2.20. The SMILES string of the molecule is COc1cc(C)c(-c2nc3ccccc3c(=O)n2N=Cc2ccc(-c3ccc(Br)cc3F)o2)cc1C(C)C. The standard InChI is InChI=1S/C30H25BrFN3O3/c1-17(2)23-15-24(18(3)13-28(23)37-4)29-34-26-8-6-5-7-22(26)30(36)35(29)33-16-20-10-12-27(38-20)21-11-9-19(31)14-25(21)32/h5-17H,1-4H3. The summed E-state index contributed by atoms with van der Waals surface area (Å²) in [6.07, 6.45) is 1.43. The van der Waals surface area contributed by atoms with E-state index in [4.69, 9.17) is 14.1 Å². The Balaban J connectivity index is 1.65. The van der Waals surface area contributed by atoms with Gasteiger partial charge in [-0.1, -0.05) is 41.9 Å². The summed E-state index contributed by atoms with van der Waals surface area (Å²) in [5, 5.41) is 4.94. The Kier molecular flexibility index (Phi) is 6.99. The number of aryl methyl sites for hydroxylation is 1. The Morgan fingerprint density at radius 3 is 2.61 bits per heavy atom. The molecular weight excluding hydrogens is 549 g/mol. The average Bonchev–Trinajstić information content (AvgIpc) is 3.36. The zero-order chi connectivity index (χ0) is 27.0. The smallest absolute Gasteiger partial charge is 0.282 e. The molecule has 0 fully saturated rings. The molecule has 38 heavy (non-hydrogen) atoms. The molecule has 0 spiro atoms. The second-order valence-corrected chi connectivity index (χ2v) is 10.1. The van der Waals surface area contributed by atoms with Crippen molar-refractivity contribution in [3.05, 3.63) is 104 Å². The molecule has 0 saturated carbocycles. The van der Waals surface area contributed by atoms with Crippen LogP contribution in [0.3, 0.4) is 0 Å². The molecule has 0 aliphatic rings. The van der Waals surface area contributed by atoms with Crippen molar-refractivity contribution in [2.24, 2.45) is 5.10 Å². The number of hydrogen-bond donors (Lipinski definition) is 0. The Labute approximate surface area is 227 Å². The van der Waals surface area contributed by atoms with Crippen LogP contribution in [0.2, 0.25) is 0 Å². The number of hydrogen-bond acceptors (Lipinski definition) is 5. The molecule has 0 aliphatic carbocycles. The van der Waals surface area contributed by atoms with Gasteiger partial charge in [-0.15, -0.1) is 0 Å². The predicted molar refractivity (Wildman–Crippen MR) is 152 cm³/mol. The highest BCUT2D eigenvalue weighted by atomic mass is 79.9. The van der Waals surface area contributed by atoms with E-state index >= 15 is 0 Å². The van der Waals surface area contributed by atoms with Crippen molar-refractivity contribution in [3.63, 3.8) is 0 Å². The molecule has 8 heteroatoms. The van der Waals surface area contributed by atoms with E-state index in [9.17, 15) is 9.18 Å². The molecule has 6 nitrogen and oxygen atoms in total. The van der Waals surface area contributed by atoms with Gasteiger partial charge in [-0.05, 0) is 78.6 Å². The molecule has 0 aliphatic heterocycles. The summed E-state index contributed by atoms with van der Waals surface area (Å²) in [4.78, 5) is 18.4. The second kappa shape index (κ2) is 10.4. The van der Waals surface area contributed by atoms with Crippen molar-refractivity contribution < 1.29 is 13.5 Å². The van der Waals surface area contributed by atoms with Gasteiger partial charge in [0.05, 0.1) is 29.8 Å². The van der Waals surface area contributed by atoms with Crippen LogP contribution in [-0.4, -0.2) is 23.0 Å². The molecule has 5 aromatic rings. The molecule has 3 aromatic carbocycles. The van der Waals surface area contributed by atoms with Crippen LogP contribution in [0.25, 0.3) is 33.6 Å². The van der Waals surface area contributed by atoms with Crippen molar-refractivity contribution in [1.29, 1.82) is 0 Å². The third-order valence-electron chi connectivity index (χ3n) is 6.32. The number of halogens is 2. The highest BCUT2D eigenvalue weighted by Gasteiger charge is 2.18. The number of furan rings is 1. The largest absolute Gasteiger partial charge is 0.496 e. The Bertz CT molecular complexity index is 1750. The Hall–Kier alpha value is -4.04. The lowest BCUT2D eigenvalue weighted by Gasteiger charge is -2.17. The summed E-state index contributed by atoms with van der Waals surface area (Å²) in [5.41, 5.74) is 3.25. The van der Waals surface area contributed by atoms with Crippen LogP contribution in [-0.2, 0) is 0 Å². The molecule has 192 valence electrons. The fourth-order valence-corrected chi connectivity index (χ4v) is 4.68. The monoisotopic (exact) mass is 573 g/mol. The lowest BCUT2D eigenvalue weighted by molar-refractivity contribution is 0.407. The van der Waals surface area contributed by atoms with Gasteiger partial charge in [0.25, 0.3) is 5.56 Å².